The molecular formula is C21H32BFN2O4. The van der Waals surface area contributed by atoms with Crippen molar-refractivity contribution in [2.24, 2.45) is 11.3 Å². The minimum absolute atomic E-state index is 0.0790. The van der Waals surface area contributed by atoms with Gasteiger partial charge in [0.1, 0.15) is 11.5 Å². The Morgan fingerprint density at radius 3 is 2.41 bits per heavy atom. The molecule has 0 amide bonds. The molecule has 0 radical (unpaired) electrons. The Hall–Kier alpha value is -1.67. The van der Waals surface area contributed by atoms with Crippen LogP contribution in [0.3, 0.4) is 0 Å². The van der Waals surface area contributed by atoms with Crippen molar-refractivity contribution in [3.63, 3.8) is 0 Å². The summed E-state index contributed by atoms with van der Waals surface area (Å²) in [5, 5.41) is 11.9. The summed E-state index contributed by atoms with van der Waals surface area (Å²) in [5.74, 6) is -0.202. The van der Waals surface area contributed by atoms with Crippen molar-refractivity contribution in [1.82, 2.24) is 0 Å². The Kier molecular flexibility index (Phi) is 6.84. The second kappa shape index (κ2) is 9.00. The van der Waals surface area contributed by atoms with Crippen LogP contribution in [0.15, 0.2) is 12.1 Å². The third kappa shape index (κ3) is 5.28. The second-order valence-corrected chi connectivity index (χ2v) is 9.58. The van der Waals surface area contributed by atoms with Gasteiger partial charge in [0.2, 0.25) is 0 Å². The van der Waals surface area contributed by atoms with Gasteiger partial charge in [0.15, 0.2) is 0 Å². The standard InChI is InChI=1S/C21H32BFN2O4/c1-15(2)12-24(16-8-6-5-7-9-16)19-11-18(23)17(10-20(19)25(26)27)22-28-13-21(3,4)14-29-22/h10-11,15-16H,5-9,12-14H2,1-4H3. The number of hydrogen-bond donors (Lipinski definition) is 0. The zero-order valence-electron chi connectivity index (χ0n) is 17.9. The third-order valence-electron chi connectivity index (χ3n) is 5.68. The number of nitro benzene ring substituents is 1. The van der Waals surface area contributed by atoms with Crippen LogP contribution in [0.25, 0.3) is 0 Å². The number of nitro groups is 1. The number of rotatable bonds is 6. The van der Waals surface area contributed by atoms with E-state index in [1.807, 2.05) is 13.8 Å². The second-order valence-electron chi connectivity index (χ2n) is 9.58. The van der Waals surface area contributed by atoms with E-state index >= 15 is 4.39 Å². The molecule has 0 atom stereocenters. The van der Waals surface area contributed by atoms with Gasteiger partial charge in [-0.1, -0.05) is 47.0 Å². The Morgan fingerprint density at radius 2 is 1.86 bits per heavy atom. The van der Waals surface area contributed by atoms with Gasteiger partial charge in [-0.15, -0.1) is 0 Å². The fraction of sp³-hybridized carbons (Fsp3) is 0.714. The summed E-state index contributed by atoms with van der Waals surface area (Å²) in [7, 11) is -0.913. The summed E-state index contributed by atoms with van der Waals surface area (Å²) in [6.07, 6.45) is 5.36. The summed E-state index contributed by atoms with van der Waals surface area (Å²) in [6, 6.07) is 2.83. The lowest BCUT2D eigenvalue weighted by Gasteiger charge is -2.37. The van der Waals surface area contributed by atoms with Gasteiger partial charge in [-0.25, -0.2) is 4.39 Å². The molecule has 0 bridgehead atoms. The summed E-state index contributed by atoms with van der Waals surface area (Å²) in [6.45, 7) is 9.64. The highest BCUT2D eigenvalue weighted by Crippen LogP contribution is 2.35. The molecule has 1 heterocycles. The van der Waals surface area contributed by atoms with E-state index in [-0.39, 0.29) is 22.6 Å². The number of nitrogens with zero attached hydrogens (tertiary/aromatic N) is 2. The Balaban J connectivity index is 1.97. The van der Waals surface area contributed by atoms with Gasteiger partial charge in [0, 0.05) is 48.8 Å². The van der Waals surface area contributed by atoms with Gasteiger partial charge in [0.25, 0.3) is 5.69 Å². The highest BCUT2D eigenvalue weighted by molar-refractivity contribution is 6.61. The molecule has 1 aliphatic heterocycles. The summed E-state index contributed by atoms with van der Waals surface area (Å²) >= 11 is 0. The first-order valence-electron chi connectivity index (χ1n) is 10.7. The molecule has 0 aromatic heterocycles. The molecular weight excluding hydrogens is 374 g/mol. The fourth-order valence-corrected chi connectivity index (χ4v) is 4.23. The van der Waals surface area contributed by atoms with Gasteiger partial charge in [0.05, 0.1) is 4.92 Å². The van der Waals surface area contributed by atoms with E-state index in [9.17, 15) is 10.1 Å². The predicted molar refractivity (Wildman–Crippen MR) is 113 cm³/mol. The molecule has 1 aromatic rings. The van der Waals surface area contributed by atoms with Crippen molar-refractivity contribution < 1.29 is 18.6 Å². The SMILES string of the molecule is CC(C)CN(c1cc(F)c(B2OCC(C)(C)CO2)cc1[N+](=O)[O-])C1CCCCC1. The average Bonchev–Trinajstić information content (AvgIpc) is 2.66. The van der Waals surface area contributed by atoms with Crippen molar-refractivity contribution in [2.45, 2.75) is 65.8 Å². The van der Waals surface area contributed by atoms with Crippen molar-refractivity contribution >= 4 is 24.0 Å². The fourth-order valence-electron chi connectivity index (χ4n) is 4.23. The van der Waals surface area contributed by atoms with Gasteiger partial charge >= 0.3 is 7.12 Å². The molecule has 0 unspecified atom stereocenters. The van der Waals surface area contributed by atoms with Gasteiger partial charge in [-0.05, 0) is 18.8 Å². The molecule has 8 heteroatoms. The zero-order chi connectivity index (χ0) is 21.2. The molecule has 3 rings (SSSR count). The lowest BCUT2D eigenvalue weighted by atomic mass is 9.75. The molecule has 29 heavy (non-hydrogen) atoms. The molecule has 160 valence electrons. The van der Waals surface area contributed by atoms with Crippen LogP contribution in [0.4, 0.5) is 15.8 Å². The quantitative estimate of drug-likeness (QED) is 0.401. The Morgan fingerprint density at radius 1 is 1.24 bits per heavy atom. The maximum atomic E-state index is 15.1. The van der Waals surface area contributed by atoms with Crippen LogP contribution in [0, 0.1) is 27.3 Å². The monoisotopic (exact) mass is 406 g/mol. The minimum atomic E-state index is -0.913. The molecule has 6 nitrogen and oxygen atoms in total. The third-order valence-corrected chi connectivity index (χ3v) is 5.68. The van der Waals surface area contributed by atoms with E-state index in [1.54, 1.807) is 0 Å². The first kappa shape index (κ1) is 22.0. The molecule has 0 N–H and O–H groups in total. The van der Waals surface area contributed by atoms with Gasteiger partial charge in [-0.2, -0.15) is 0 Å². The zero-order valence-corrected chi connectivity index (χ0v) is 17.9. The lowest BCUT2D eigenvalue weighted by Crippen LogP contribution is -2.48. The topological polar surface area (TPSA) is 64.8 Å². The van der Waals surface area contributed by atoms with Crippen LogP contribution < -0.4 is 10.4 Å². The van der Waals surface area contributed by atoms with Gasteiger partial charge in [-0.3, -0.25) is 10.1 Å². The first-order valence-corrected chi connectivity index (χ1v) is 10.7. The van der Waals surface area contributed by atoms with Crippen LogP contribution in [-0.2, 0) is 9.31 Å². The number of benzene rings is 1. The van der Waals surface area contributed by atoms with Gasteiger partial charge < -0.3 is 14.2 Å². The van der Waals surface area contributed by atoms with Crippen LogP contribution in [-0.4, -0.2) is 37.8 Å². The van der Waals surface area contributed by atoms with Crippen LogP contribution in [0.2, 0.25) is 0 Å². The molecule has 2 aliphatic rings. The van der Waals surface area contributed by atoms with Crippen LogP contribution >= 0.6 is 0 Å². The summed E-state index contributed by atoms with van der Waals surface area (Å²) in [5.41, 5.74) is 0.232. The van der Waals surface area contributed by atoms with E-state index < -0.39 is 17.9 Å². The Bertz CT molecular complexity index is 728. The van der Waals surface area contributed by atoms with E-state index in [4.69, 9.17) is 9.31 Å². The highest BCUT2D eigenvalue weighted by atomic mass is 19.1. The number of anilines is 1. The average molecular weight is 406 g/mol. The minimum Gasteiger partial charge on any atom is -0.407 e. The summed E-state index contributed by atoms with van der Waals surface area (Å²) < 4.78 is 26.5. The van der Waals surface area contributed by atoms with Crippen LogP contribution in [0.5, 0.6) is 0 Å². The molecule has 2 fully saturated rings. The Labute approximate surface area is 173 Å². The maximum absolute atomic E-state index is 15.1. The van der Waals surface area contributed by atoms with E-state index in [1.165, 1.54) is 18.6 Å². The van der Waals surface area contributed by atoms with Crippen molar-refractivity contribution in [1.29, 1.82) is 0 Å². The normalized spacial score (nSPS) is 20.1. The van der Waals surface area contributed by atoms with E-state index in [2.05, 4.69) is 18.7 Å². The van der Waals surface area contributed by atoms with E-state index in [0.29, 0.717) is 31.4 Å². The first-order chi connectivity index (χ1) is 13.7. The smallest absolute Gasteiger partial charge is 0.407 e. The van der Waals surface area contributed by atoms with Crippen molar-refractivity contribution in [2.75, 3.05) is 24.7 Å². The largest absolute Gasteiger partial charge is 0.497 e. The molecule has 1 saturated carbocycles. The van der Waals surface area contributed by atoms with Crippen LogP contribution in [0.1, 0.15) is 59.8 Å². The molecule has 1 saturated heterocycles. The van der Waals surface area contributed by atoms with Crippen molar-refractivity contribution in [3.8, 4) is 0 Å². The van der Waals surface area contributed by atoms with E-state index in [0.717, 1.165) is 25.7 Å². The predicted octanol–water partition coefficient (Wildman–Crippen LogP) is 4.30. The lowest BCUT2D eigenvalue weighted by molar-refractivity contribution is -0.384. The highest BCUT2D eigenvalue weighted by Gasteiger charge is 2.38. The molecule has 1 aromatic carbocycles. The maximum Gasteiger partial charge on any atom is 0.497 e. The number of hydrogen-bond acceptors (Lipinski definition) is 5. The molecule has 0 spiro atoms. The molecule has 1 aliphatic carbocycles. The number of halogens is 1. The van der Waals surface area contributed by atoms with Crippen molar-refractivity contribution in [3.05, 3.63) is 28.1 Å². The summed E-state index contributed by atoms with van der Waals surface area (Å²) in [4.78, 5) is 13.6.